The van der Waals surface area contributed by atoms with Gasteiger partial charge in [-0.3, -0.25) is 9.69 Å². The van der Waals surface area contributed by atoms with Crippen LogP contribution in [0.15, 0.2) is 59.9 Å². The lowest BCUT2D eigenvalue weighted by Gasteiger charge is -2.16. The van der Waals surface area contributed by atoms with E-state index < -0.39 is 0 Å². The van der Waals surface area contributed by atoms with Crippen molar-refractivity contribution in [2.75, 3.05) is 13.7 Å². The van der Waals surface area contributed by atoms with E-state index in [4.69, 9.17) is 16.3 Å². The lowest BCUT2D eigenvalue weighted by molar-refractivity contribution is 0.310. The predicted octanol–water partition coefficient (Wildman–Crippen LogP) is 3.77. The van der Waals surface area contributed by atoms with Gasteiger partial charge >= 0.3 is 0 Å². The van der Waals surface area contributed by atoms with E-state index in [2.05, 4.69) is 21.4 Å². The maximum Gasteiger partial charge on any atom is 0.258 e. The molecule has 0 radical (unpaired) electrons. The smallest absolute Gasteiger partial charge is 0.258 e. The number of ether oxygens (including phenoxy) is 1. The first-order chi connectivity index (χ1) is 12.5. The van der Waals surface area contributed by atoms with Crippen molar-refractivity contribution in [1.29, 1.82) is 0 Å². The summed E-state index contributed by atoms with van der Waals surface area (Å²) in [6.45, 7) is 5.36. The number of fused-ring (bicyclic) bond motifs is 1. The third kappa shape index (κ3) is 4.50. The zero-order valence-corrected chi connectivity index (χ0v) is 15.3. The molecule has 0 unspecified atom stereocenters. The number of aromatic amines is 1. The number of H-pyrrole nitrogens is 1. The summed E-state index contributed by atoms with van der Waals surface area (Å²) >= 11 is 6.00. The van der Waals surface area contributed by atoms with Crippen molar-refractivity contribution in [2.24, 2.45) is 0 Å². The van der Waals surface area contributed by atoms with Gasteiger partial charge in [-0.2, -0.15) is 0 Å². The first-order valence-electron chi connectivity index (χ1n) is 8.25. The lowest BCUT2D eigenvalue weighted by Crippen LogP contribution is -2.21. The molecular formula is C20H20ClN3O2. The highest BCUT2D eigenvalue weighted by molar-refractivity contribution is 6.31. The second kappa shape index (κ2) is 8.17. The lowest BCUT2D eigenvalue weighted by atomic mass is 10.2. The highest BCUT2D eigenvalue weighted by Gasteiger charge is 2.08. The van der Waals surface area contributed by atoms with E-state index in [1.807, 2.05) is 31.3 Å². The van der Waals surface area contributed by atoms with Crippen LogP contribution in [0, 0.1) is 0 Å². The van der Waals surface area contributed by atoms with Crippen molar-refractivity contribution < 1.29 is 4.74 Å². The van der Waals surface area contributed by atoms with Gasteiger partial charge in [-0.1, -0.05) is 36.4 Å². The monoisotopic (exact) mass is 369 g/mol. The molecule has 0 aliphatic carbocycles. The molecule has 3 rings (SSSR count). The van der Waals surface area contributed by atoms with Gasteiger partial charge in [0, 0.05) is 11.6 Å². The van der Waals surface area contributed by atoms with Crippen molar-refractivity contribution in [1.82, 2.24) is 14.9 Å². The van der Waals surface area contributed by atoms with E-state index >= 15 is 0 Å². The Labute approximate surface area is 156 Å². The third-order valence-electron chi connectivity index (χ3n) is 3.88. The van der Waals surface area contributed by atoms with Gasteiger partial charge in [-0.05, 0) is 42.9 Å². The van der Waals surface area contributed by atoms with Gasteiger partial charge in [0.05, 0.1) is 17.4 Å². The molecule has 1 heterocycles. The predicted molar refractivity (Wildman–Crippen MR) is 105 cm³/mol. The van der Waals surface area contributed by atoms with Crippen LogP contribution in [0.1, 0.15) is 11.4 Å². The normalized spacial score (nSPS) is 11.0. The summed E-state index contributed by atoms with van der Waals surface area (Å²) < 4.78 is 5.48. The molecule has 0 atom stereocenters. The molecule has 0 aliphatic heterocycles. The van der Waals surface area contributed by atoms with Gasteiger partial charge in [-0.25, -0.2) is 4.98 Å². The Bertz CT molecular complexity index is 967. The molecule has 134 valence electrons. The van der Waals surface area contributed by atoms with Gasteiger partial charge in [0.25, 0.3) is 5.56 Å². The van der Waals surface area contributed by atoms with Crippen LogP contribution >= 0.6 is 11.6 Å². The molecule has 6 heteroatoms. The molecule has 0 bridgehead atoms. The number of hydrogen-bond acceptors (Lipinski definition) is 4. The summed E-state index contributed by atoms with van der Waals surface area (Å²) in [7, 11) is 1.98. The first kappa shape index (κ1) is 18.2. The minimum absolute atomic E-state index is 0.154. The average Bonchev–Trinajstić information content (AvgIpc) is 2.60. The van der Waals surface area contributed by atoms with Crippen LogP contribution in [0.3, 0.4) is 0 Å². The molecule has 0 fully saturated rings. The van der Waals surface area contributed by atoms with Crippen molar-refractivity contribution >= 4 is 22.5 Å². The molecule has 3 aromatic rings. The summed E-state index contributed by atoms with van der Waals surface area (Å²) in [5.41, 5.74) is 1.59. The van der Waals surface area contributed by atoms with Gasteiger partial charge in [0.15, 0.2) is 0 Å². The highest BCUT2D eigenvalue weighted by atomic mass is 35.5. The number of hydrogen-bond donors (Lipinski definition) is 1. The van der Waals surface area contributed by atoms with E-state index in [0.717, 1.165) is 17.9 Å². The van der Waals surface area contributed by atoms with E-state index in [-0.39, 0.29) is 5.56 Å². The van der Waals surface area contributed by atoms with Crippen LogP contribution in [0.25, 0.3) is 10.9 Å². The van der Waals surface area contributed by atoms with E-state index in [9.17, 15) is 4.79 Å². The zero-order valence-electron chi connectivity index (χ0n) is 14.5. The Kier molecular flexibility index (Phi) is 5.71. The van der Waals surface area contributed by atoms with Gasteiger partial charge < -0.3 is 9.72 Å². The van der Waals surface area contributed by atoms with Crippen LogP contribution in [-0.4, -0.2) is 28.5 Å². The van der Waals surface area contributed by atoms with Crippen molar-refractivity contribution in [3.05, 3.63) is 81.9 Å². The molecule has 2 aromatic carbocycles. The second-order valence-electron chi connectivity index (χ2n) is 6.09. The topological polar surface area (TPSA) is 58.2 Å². The second-order valence-corrected chi connectivity index (χ2v) is 6.53. The van der Waals surface area contributed by atoms with Crippen LogP contribution in [-0.2, 0) is 13.1 Å². The fraction of sp³-hybridized carbons (Fsp3) is 0.200. The molecule has 26 heavy (non-hydrogen) atoms. The number of rotatable bonds is 7. The Balaban J connectivity index is 1.69. The molecule has 0 saturated carbocycles. The minimum atomic E-state index is -0.154. The fourth-order valence-corrected chi connectivity index (χ4v) is 2.87. The number of benzene rings is 2. The van der Waals surface area contributed by atoms with E-state index in [1.54, 1.807) is 24.3 Å². The van der Waals surface area contributed by atoms with Crippen LogP contribution in [0.4, 0.5) is 0 Å². The minimum Gasteiger partial charge on any atom is -0.490 e. The molecule has 0 aliphatic rings. The third-order valence-corrected chi connectivity index (χ3v) is 4.12. The quantitative estimate of drug-likeness (QED) is 0.644. The fourth-order valence-electron chi connectivity index (χ4n) is 2.71. The molecular weight excluding hydrogens is 350 g/mol. The Morgan fingerprint density at radius 1 is 1.23 bits per heavy atom. The number of aromatic nitrogens is 2. The number of nitrogens with zero attached hydrogens (tertiary/aromatic N) is 2. The highest BCUT2D eigenvalue weighted by Crippen LogP contribution is 2.16. The standard InChI is InChI=1S/C20H20ClN3O2/c1-3-10-26-16-7-4-14(5-8-16)12-24(2)13-19-22-18-11-15(21)6-9-17(18)20(25)23-19/h3-9,11H,1,10,12-13H2,2H3,(H,22,23,25). The van der Waals surface area contributed by atoms with Crippen LogP contribution in [0.5, 0.6) is 5.75 Å². The summed E-state index contributed by atoms with van der Waals surface area (Å²) in [5.74, 6) is 1.42. The SMILES string of the molecule is C=CCOc1ccc(CN(C)Cc2nc3cc(Cl)ccc3c(=O)[nH]2)cc1. The summed E-state index contributed by atoms with van der Waals surface area (Å²) in [4.78, 5) is 21.6. The van der Waals surface area contributed by atoms with Crippen molar-refractivity contribution in [3.8, 4) is 5.75 Å². The number of nitrogens with one attached hydrogen (secondary N) is 1. The zero-order chi connectivity index (χ0) is 18.5. The van der Waals surface area contributed by atoms with Crippen molar-refractivity contribution in [3.63, 3.8) is 0 Å². The van der Waals surface area contributed by atoms with E-state index in [0.29, 0.717) is 34.9 Å². The molecule has 0 spiro atoms. The number of halogens is 1. The maximum absolute atomic E-state index is 12.2. The molecule has 1 N–H and O–H groups in total. The average molecular weight is 370 g/mol. The van der Waals surface area contributed by atoms with Crippen LogP contribution in [0.2, 0.25) is 5.02 Å². The van der Waals surface area contributed by atoms with Crippen LogP contribution < -0.4 is 10.3 Å². The molecule has 0 amide bonds. The summed E-state index contributed by atoms with van der Waals surface area (Å²) in [6.07, 6.45) is 1.71. The Hall–Kier alpha value is -2.63. The van der Waals surface area contributed by atoms with Gasteiger partial charge in [-0.15, -0.1) is 0 Å². The van der Waals surface area contributed by atoms with E-state index in [1.165, 1.54) is 0 Å². The van der Waals surface area contributed by atoms with Crippen molar-refractivity contribution in [2.45, 2.75) is 13.1 Å². The first-order valence-corrected chi connectivity index (χ1v) is 8.62. The Morgan fingerprint density at radius 3 is 2.73 bits per heavy atom. The molecule has 5 nitrogen and oxygen atoms in total. The summed E-state index contributed by atoms with van der Waals surface area (Å²) in [6, 6.07) is 13.0. The van der Waals surface area contributed by atoms with Gasteiger partial charge in [0.1, 0.15) is 18.2 Å². The Morgan fingerprint density at radius 2 is 2.00 bits per heavy atom. The maximum atomic E-state index is 12.2. The molecule has 0 saturated heterocycles. The largest absolute Gasteiger partial charge is 0.490 e. The van der Waals surface area contributed by atoms with Gasteiger partial charge in [0.2, 0.25) is 0 Å². The molecule has 1 aromatic heterocycles. The summed E-state index contributed by atoms with van der Waals surface area (Å²) in [5, 5.41) is 1.10.